The van der Waals surface area contributed by atoms with Crippen molar-refractivity contribution in [3.05, 3.63) is 0 Å². The molecule has 0 saturated carbocycles. The number of carbonyl (C=O) groups excluding carboxylic acids is 3. The number of methoxy groups -OCH3 is 1. The fraction of sp³-hybridized carbons (Fsp3) is 0.812. The van der Waals surface area contributed by atoms with Gasteiger partial charge in [0.05, 0.1) is 7.11 Å². The molecular formula is C16H30N2O5S. The van der Waals surface area contributed by atoms with Crippen molar-refractivity contribution >= 4 is 30.6 Å². The highest BCUT2D eigenvalue weighted by Crippen LogP contribution is 2.11. The molecule has 0 aromatic heterocycles. The van der Waals surface area contributed by atoms with Crippen molar-refractivity contribution in [2.75, 3.05) is 12.9 Å². The van der Waals surface area contributed by atoms with Crippen LogP contribution in [0.5, 0.6) is 0 Å². The normalized spacial score (nSPS) is 15.0. The summed E-state index contributed by atoms with van der Waals surface area (Å²) in [6.45, 7) is 8.96. The summed E-state index contributed by atoms with van der Waals surface area (Å²) in [5.41, 5.74) is -0.669. The number of rotatable bonds is 8. The van der Waals surface area contributed by atoms with Gasteiger partial charge < -0.3 is 20.1 Å². The minimum absolute atomic E-state index is 0.0976. The van der Waals surface area contributed by atoms with Gasteiger partial charge in [0.1, 0.15) is 17.7 Å². The summed E-state index contributed by atoms with van der Waals surface area (Å²) in [4.78, 5) is 36.2. The van der Waals surface area contributed by atoms with Gasteiger partial charge in [-0.2, -0.15) is 12.6 Å². The molecule has 0 heterocycles. The molecule has 3 atom stereocenters. The molecule has 0 aliphatic heterocycles. The average molecular weight is 362 g/mol. The van der Waals surface area contributed by atoms with E-state index in [1.54, 1.807) is 20.8 Å². The number of hydrogen-bond acceptors (Lipinski definition) is 6. The lowest BCUT2D eigenvalue weighted by molar-refractivity contribution is -0.146. The molecule has 0 rings (SSSR count). The van der Waals surface area contributed by atoms with Crippen LogP contribution in [0.4, 0.5) is 4.79 Å². The third-order valence-electron chi connectivity index (χ3n) is 3.39. The summed E-state index contributed by atoms with van der Waals surface area (Å²) in [5, 5.41) is 5.17. The molecule has 7 nitrogen and oxygen atoms in total. The van der Waals surface area contributed by atoms with Gasteiger partial charge in [0.2, 0.25) is 5.91 Å². The Bertz CT molecular complexity index is 437. The zero-order valence-electron chi connectivity index (χ0n) is 15.3. The Kier molecular flexibility index (Phi) is 9.80. The smallest absolute Gasteiger partial charge is 0.408 e. The first kappa shape index (κ1) is 22.6. The van der Waals surface area contributed by atoms with Crippen LogP contribution in [0.3, 0.4) is 0 Å². The number of esters is 1. The molecule has 24 heavy (non-hydrogen) atoms. The van der Waals surface area contributed by atoms with Crippen molar-refractivity contribution in [2.24, 2.45) is 5.92 Å². The Hall–Kier alpha value is -1.44. The highest BCUT2D eigenvalue weighted by atomic mass is 32.1. The summed E-state index contributed by atoms with van der Waals surface area (Å²) >= 11 is 4.11. The van der Waals surface area contributed by atoms with Gasteiger partial charge in [-0.1, -0.05) is 20.3 Å². The number of nitrogens with one attached hydrogen (secondary N) is 2. The molecule has 2 N–H and O–H groups in total. The number of amides is 2. The van der Waals surface area contributed by atoms with Gasteiger partial charge in [0.15, 0.2) is 0 Å². The fourth-order valence-electron chi connectivity index (χ4n) is 1.90. The van der Waals surface area contributed by atoms with Gasteiger partial charge in [0.25, 0.3) is 0 Å². The zero-order valence-corrected chi connectivity index (χ0v) is 16.2. The summed E-state index contributed by atoms with van der Waals surface area (Å²) in [6.07, 6.45) is 0.307. The van der Waals surface area contributed by atoms with Crippen LogP contribution in [0.1, 0.15) is 47.5 Å². The average Bonchev–Trinajstić information content (AvgIpc) is 2.48. The van der Waals surface area contributed by atoms with Crippen molar-refractivity contribution in [1.82, 2.24) is 10.6 Å². The van der Waals surface area contributed by atoms with E-state index in [0.717, 1.165) is 0 Å². The second-order valence-corrected chi connectivity index (χ2v) is 7.05. The van der Waals surface area contributed by atoms with Crippen molar-refractivity contribution in [2.45, 2.75) is 65.1 Å². The molecule has 0 fully saturated rings. The van der Waals surface area contributed by atoms with Crippen LogP contribution in [-0.4, -0.2) is 48.5 Å². The van der Waals surface area contributed by atoms with E-state index >= 15 is 0 Å². The highest BCUT2D eigenvalue weighted by Gasteiger charge is 2.30. The SMILES string of the molecule is CC[C@H](C)[C@H](NC(=O)[C@H](CCS)NC(=O)OC(C)(C)C)C(=O)OC. The molecule has 0 bridgehead atoms. The molecule has 0 aromatic carbocycles. The summed E-state index contributed by atoms with van der Waals surface area (Å²) in [7, 11) is 1.27. The maximum atomic E-state index is 12.5. The third kappa shape index (κ3) is 8.42. The molecule has 0 spiro atoms. The van der Waals surface area contributed by atoms with E-state index in [9.17, 15) is 14.4 Å². The van der Waals surface area contributed by atoms with Crippen molar-refractivity contribution in [3.8, 4) is 0 Å². The van der Waals surface area contributed by atoms with E-state index in [2.05, 4.69) is 23.3 Å². The predicted molar refractivity (Wildman–Crippen MR) is 95.0 cm³/mol. The van der Waals surface area contributed by atoms with Gasteiger partial charge in [-0.3, -0.25) is 4.79 Å². The van der Waals surface area contributed by atoms with Gasteiger partial charge >= 0.3 is 12.1 Å². The van der Waals surface area contributed by atoms with Crippen LogP contribution in [0.15, 0.2) is 0 Å². The first-order valence-electron chi connectivity index (χ1n) is 8.04. The molecule has 140 valence electrons. The first-order valence-corrected chi connectivity index (χ1v) is 8.67. The summed E-state index contributed by atoms with van der Waals surface area (Å²) in [5.74, 6) is -0.690. The molecule has 0 saturated heterocycles. The topological polar surface area (TPSA) is 93.7 Å². The standard InChI is InChI=1S/C16H30N2O5S/c1-7-10(2)12(14(20)22-6)18-13(19)11(8-9-24)17-15(21)23-16(3,4)5/h10-12,24H,7-9H2,1-6H3,(H,17,21)(H,18,19)/t10-,11-,12-/m0/s1. The van der Waals surface area contributed by atoms with Gasteiger partial charge in [-0.05, 0) is 38.9 Å². The van der Waals surface area contributed by atoms with E-state index in [0.29, 0.717) is 18.6 Å². The predicted octanol–water partition coefficient (Wildman–Crippen LogP) is 1.90. The molecule has 2 amide bonds. The van der Waals surface area contributed by atoms with Gasteiger partial charge in [0, 0.05) is 0 Å². The number of thiol groups is 1. The molecule has 0 radical (unpaired) electrons. The fourth-order valence-corrected chi connectivity index (χ4v) is 2.16. The Balaban J connectivity index is 4.99. The Morgan fingerprint density at radius 1 is 1.17 bits per heavy atom. The number of ether oxygens (including phenoxy) is 2. The third-order valence-corrected chi connectivity index (χ3v) is 3.65. The Morgan fingerprint density at radius 2 is 1.75 bits per heavy atom. The van der Waals surface area contributed by atoms with Crippen molar-refractivity contribution < 1.29 is 23.9 Å². The molecule has 0 aromatic rings. The number of alkyl carbamates (subject to hydrolysis) is 1. The molecule has 0 aliphatic carbocycles. The number of carbonyl (C=O) groups is 3. The van der Waals surface area contributed by atoms with Crippen LogP contribution in [-0.2, 0) is 19.1 Å². The van der Waals surface area contributed by atoms with Crippen LogP contribution < -0.4 is 10.6 Å². The summed E-state index contributed by atoms with van der Waals surface area (Å²) in [6, 6.07) is -1.61. The minimum Gasteiger partial charge on any atom is -0.467 e. The van der Waals surface area contributed by atoms with E-state index < -0.39 is 35.7 Å². The number of hydrogen-bond donors (Lipinski definition) is 3. The monoisotopic (exact) mass is 362 g/mol. The maximum Gasteiger partial charge on any atom is 0.408 e. The largest absolute Gasteiger partial charge is 0.467 e. The zero-order chi connectivity index (χ0) is 18.9. The molecule has 0 unspecified atom stereocenters. The highest BCUT2D eigenvalue weighted by molar-refractivity contribution is 7.80. The second-order valence-electron chi connectivity index (χ2n) is 6.61. The van der Waals surface area contributed by atoms with E-state index in [1.165, 1.54) is 7.11 Å². The van der Waals surface area contributed by atoms with Crippen LogP contribution in [0.2, 0.25) is 0 Å². The van der Waals surface area contributed by atoms with E-state index in [-0.39, 0.29) is 5.92 Å². The van der Waals surface area contributed by atoms with Crippen LogP contribution in [0, 0.1) is 5.92 Å². The maximum absolute atomic E-state index is 12.5. The van der Waals surface area contributed by atoms with E-state index in [1.807, 2.05) is 13.8 Å². The van der Waals surface area contributed by atoms with Crippen LogP contribution in [0.25, 0.3) is 0 Å². The minimum atomic E-state index is -0.839. The summed E-state index contributed by atoms with van der Waals surface area (Å²) < 4.78 is 9.90. The molecule has 8 heteroatoms. The Labute approximate surface area is 149 Å². The van der Waals surface area contributed by atoms with Crippen molar-refractivity contribution in [1.29, 1.82) is 0 Å². The van der Waals surface area contributed by atoms with Gasteiger partial charge in [-0.25, -0.2) is 9.59 Å². The molecule has 0 aliphatic rings. The Morgan fingerprint density at radius 3 is 2.17 bits per heavy atom. The lowest BCUT2D eigenvalue weighted by Gasteiger charge is -2.26. The van der Waals surface area contributed by atoms with E-state index in [4.69, 9.17) is 9.47 Å². The lowest BCUT2D eigenvalue weighted by Crippen LogP contribution is -2.54. The second kappa shape index (κ2) is 10.4. The van der Waals surface area contributed by atoms with Gasteiger partial charge in [-0.15, -0.1) is 0 Å². The van der Waals surface area contributed by atoms with Crippen LogP contribution >= 0.6 is 12.6 Å². The first-order chi connectivity index (χ1) is 11.1. The quantitative estimate of drug-likeness (QED) is 0.453. The van der Waals surface area contributed by atoms with Crippen molar-refractivity contribution in [3.63, 3.8) is 0 Å². The molecular weight excluding hydrogens is 332 g/mol. The lowest BCUT2D eigenvalue weighted by atomic mass is 9.98.